The van der Waals surface area contributed by atoms with Crippen LogP contribution in [0.5, 0.6) is 0 Å². The Hall–Kier alpha value is -3.18. The van der Waals surface area contributed by atoms with Gasteiger partial charge in [-0.05, 0) is 42.7 Å². The van der Waals surface area contributed by atoms with E-state index in [-0.39, 0.29) is 18.3 Å². The molecule has 3 amide bonds. The van der Waals surface area contributed by atoms with Crippen LogP contribution in [0.25, 0.3) is 0 Å². The quantitative estimate of drug-likeness (QED) is 0.309. The molecule has 0 aliphatic carbocycles. The number of aliphatic imine (C=N–C) groups is 1. The fourth-order valence-corrected chi connectivity index (χ4v) is 3.79. The average Bonchev–Trinajstić information content (AvgIpc) is 2.80. The van der Waals surface area contributed by atoms with Gasteiger partial charge in [0.25, 0.3) is 0 Å². The summed E-state index contributed by atoms with van der Waals surface area (Å²) < 4.78 is 9.07. The predicted octanol–water partition coefficient (Wildman–Crippen LogP) is 4.80. The van der Waals surface area contributed by atoms with Gasteiger partial charge >= 0.3 is 12.2 Å². The maximum absolute atomic E-state index is 12.1. The van der Waals surface area contributed by atoms with E-state index in [1.54, 1.807) is 30.8 Å². The molecule has 0 atom stereocenters. The number of nitrogens with zero attached hydrogens (tertiary/aromatic N) is 1. The lowest BCUT2D eigenvalue weighted by molar-refractivity contribution is -0.115. The monoisotopic (exact) mass is 476 g/mol. The third-order valence-corrected chi connectivity index (χ3v) is 5.60. The molecule has 0 bridgehead atoms. The van der Waals surface area contributed by atoms with Crippen molar-refractivity contribution in [2.75, 3.05) is 31.1 Å². The number of carbonyl (C=O) groups excluding carboxylic acids is 3. The summed E-state index contributed by atoms with van der Waals surface area (Å²) in [5, 5.41) is 7.94. The Balaban J connectivity index is 2.37. The van der Waals surface area contributed by atoms with Gasteiger partial charge in [-0.1, -0.05) is 24.8 Å². The lowest BCUT2D eigenvalue weighted by Crippen LogP contribution is -2.36. The van der Waals surface area contributed by atoms with Crippen LogP contribution in [0.1, 0.15) is 13.3 Å². The van der Waals surface area contributed by atoms with Crippen molar-refractivity contribution in [2.24, 2.45) is 4.99 Å². The predicted molar refractivity (Wildman–Crippen MR) is 127 cm³/mol. The molecule has 0 aromatic heterocycles. The van der Waals surface area contributed by atoms with E-state index in [0.717, 1.165) is 21.8 Å². The molecular weight excluding hydrogens is 452 g/mol. The molecule has 2 aromatic carbocycles. The van der Waals surface area contributed by atoms with Gasteiger partial charge in [-0.15, -0.1) is 16.8 Å². The molecule has 3 N–H and O–H groups in total. The van der Waals surface area contributed by atoms with Gasteiger partial charge in [0.1, 0.15) is 0 Å². The Kier molecular flexibility index (Phi) is 9.89. The minimum absolute atomic E-state index is 0.202. The van der Waals surface area contributed by atoms with E-state index in [1.165, 1.54) is 18.9 Å². The number of guanidine groups is 1. The molecule has 32 heavy (non-hydrogen) atoms. The summed E-state index contributed by atoms with van der Waals surface area (Å²) >= 11 is 3.19. The molecule has 0 saturated carbocycles. The number of amides is 3. The first-order valence-corrected chi connectivity index (χ1v) is 11.5. The van der Waals surface area contributed by atoms with E-state index >= 15 is 0 Å². The Morgan fingerprint density at radius 3 is 2.31 bits per heavy atom. The lowest BCUT2D eigenvalue weighted by Gasteiger charge is -2.16. The zero-order chi connectivity index (χ0) is 23.5. The Labute approximate surface area is 194 Å². The second kappa shape index (κ2) is 12.6. The average molecular weight is 477 g/mol. The number of ether oxygens (including phenoxy) is 2. The molecular formula is C21H24N4O5S2. The fraction of sp³-hybridized carbons (Fsp3) is 0.238. The standard InChI is InChI=1S/C21H24N4O5S2/c1-5-18(26)22-17-12-15(32-14-8-6-7-13(11-14)31-4)9-10-16(17)23-19(24-20(27)29-2)25-21(28)30-3/h6-12H,5H2,1-4H3,(H,22,26)(H2,23,24,25,27,28). The molecule has 0 aliphatic heterocycles. The second-order valence-electron chi connectivity index (χ2n) is 6.06. The summed E-state index contributed by atoms with van der Waals surface area (Å²) in [6, 6.07) is 13.4. The number of alkyl carbamates (subject to hydrolysis) is 1. The third-order valence-electron chi connectivity index (χ3n) is 3.90. The van der Waals surface area contributed by atoms with Crippen LogP contribution in [0.2, 0.25) is 0 Å². The highest BCUT2D eigenvalue weighted by molar-refractivity contribution is 7.99. The molecule has 2 rings (SSSR count). The molecule has 0 saturated heterocycles. The van der Waals surface area contributed by atoms with Gasteiger partial charge in [-0.3, -0.25) is 10.1 Å². The van der Waals surface area contributed by atoms with E-state index in [2.05, 4.69) is 36.5 Å². The Morgan fingerprint density at radius 1 is 0.938 bits per heavy atom. The zero-order valence-corrected chi connectivity index (χ0v) is 19.7. The van der Waals surface area contributed by atoms with Crippen molar-refractivity contribution in [3.8, 4) is 0 Å². The number of anilines is 2. The summed E-state index contributed by atoms with van der Waals surface area (Å²) in [6.07, 6.45) is 0.526. The highest BCUT2D eigenvalue weighted by Crippen LogP contribution is 2.34. The van der Waals surface area contributed by atoms with Gasteiger partial charge in [0.15, 0.2) is 0 Å². The maximum atomic E-state index is 12.1. The third kappa shape index (κ3) is 7.82. The van der Waals surface area contributed by atoms with Crippen LogP contribution in [0.15, 0.2) is 62.1 Å². The number of rotatable bonds is 6. The van der Waals surface area contributed by atoms with E-state index in [0.29, 0.717) is 11.4 Å². The smallest absolute Gasteiger partial charge is 0.436 e. The Morgan fingerprint density at radius 2 is 1.66 bits per heavy atom. The van der Waals surface area contributed by atoms with Crippen molar-refractivity contribution in [3.63, 3.8) is 0 Å². The number of methoxy groups -OCH3 is 2. The second-order valence-corrected chi connectivity index (χ2v) is 8.09. The fourth-order valence-electron chi connectivity index (χ4n) is 2.34. The van der Waals surface area contributed by atoms with E-state index in [4.69, 9.17) is 0 Å². The normalized spacial score (nSPS) is 10.8. The van der Waals surface area contributed by atoms with Crippen molar-refractivity contribution in [3.05, 3.63) is 42.5 Å². The molecule has 9 nitrogen and oxygen atoms in total. The summed E-state index contributed by atoms with van der Waals surface area (Å²) in [6.45, 7) is 1.73. The van der Waals surface area contributed by atoms with Crippen molar-refractivity contribution in [1.29, 1.82) is 0 Å². The van der Waals surface area contributed by atoms with Crippen LogP contribution < -0.4 is 16.0 Å². The summed E-state index contributed by atoms with van der Waals surface area (Å²) in [7, 11) is 2.34. The van der Waals surface area contributed by atoms with E-state index in [9.17, 15) is 14.4 Å². The molecule has 0 fully saturated rings. The van der Waals surface area contributed by atoms with Crippen LogP contribution in [0.3, 0.4) is 0 Å². The van der Waals surface area contributed by atoms with E-state index in [1.807, 2.05) is 30.5 Å². The zero-order valence-electron chi connectivity index (χ0n) is 18.1. The number of nitrogens with one attached hydrogen (secondary N) is 3. The first-order chi connectivity index (χ1) is 15.4. The number of thioether (sulfide) groups is 1. The van der Waals surface area contributed by atoms with Crippen molar-refractivity contribution in [1.82, 2.24) is 5.32 Å². The van der Waals surface area contributed by atoms with Crippen LogP contribution in [-0.2, 0) is 14.3 Å². The first-order valence-electron chi connectivity index (χ1n) is 9.43. The van der Waals surface area contributed by atoms with Crippen LogP contribution in [-0.4, -0.2) is 44.5 Å². The van der Waals surface area contributed by atoms with E-state index < -0.39 is 12.2 Å². The van der Waals surface area contributed by atoms with Crippen molar-refractivity contribution >= 4 is 59.0 Å². The summed E-state index contributed by atoms with van der Waals surface area (Å²) in [5.41, 5.74) is 0.861. The minimum Gasteiger partial charge on any atom is -0.453 e. The van der Waals surface area contributed by atoms with Gasteiger partial charge in [-0.2, -0.15) is 0 Å². The van der Waals surface area contributed by atoms with Gasteiger partial charge in [0.2, 0.25) is 11.9 Å². The molecule has 2 aromatic rings. The number of benzene rings is 2. The molecule has 0 aliphatic rings. The first kappa shape index (κ1) is 25.1. The minimum atomic E-state index is -0.927. The van der Waals surface area contributed by atoms with Crippen molar-refractivity contribution < 1.29 is 23.9 Å². The highest BCUT2D eigenvalue weighted by atomic mass is 32.2. The number of hydrogen-bond donors (Lipinski definition) is 3. The van der Waals surface area contributed by atoms with Crippen LogP contribution in [0, 0.1) is 0 Å². The number of carbonyl (C=O) groups is 3. The van der Waals surface area contributed by atoms with Crippen molar-refractivity contribution in [2.45, 2.75) is 28.0 Å². The maximum Gasteiger partial charge on any atom is 0.436 e. The summed E-state index contributed by atoms with van der Waals surface area (Å²) in [4.78, 5) is 42.0. The van der Waals surface area contributed by atoms with Gasteiger partial charge in [-0.25, -0.2) is 9.59 Å². The molecule has 11 heteroatoms. The van der Waals surface area contributed by atoms with Crippen LogP contribution >= 0.6 is 23.5 Å². The van der Waals surface area contributed by atoms with Gasteiger partial charge in [0.05, 0.1) is 25.6 Å². The Bertz CT molecular complexity index is 1010. The van der Waals surface area contributed by atoms with Gasteiger partial charge < -0.3 is 20.1 Å². The highest BCUT2D eigenvalue weighted by Gasteiger charge is 2.14. The molecule has 0 heterocycles. The lowest BCUT2D eigenvalue weighted by atomic mass is 10.2. The van der Waals surface area contributed by atoms with Gasteiger partial charge in [0, 0.05) is 21.1 Å². The van der Waals surface area contributed by atoms with Crippen LogP contribution in [0.4, 0.5) is 21.0 Å². The molecule has 0 unspecified atom stereocenters. The number of hydrogen-bond acceptors (Lipinski definition) is 7. The largest absolute Gasteiger partial charge is 0.453 e. The molecule has 0 spiro atoms. The molecule has 170 valence electrons. The summed E-state index contributed by atoms with van der Waals surface area (Å²) in [5.74, 6) is -0.421. The molecule has 0 radical (unpaired) electrons. The topological polar surface area (TPSA) is 118 Å². The SMILES string of the molecule is CCC(=O)Nc1cc(Sc2cccc(SC)c2)ccc1NC(=NC(=O)OC)NC(=O)OC.